The molecule has 1 aromatic carbocycles. The zero-order valence-corrected chi connectivity index (χ0v) is 12.1. The number of benzene rings is 1. The number of hydrogen-bond donors (Lipinski definition) is 0. The van der Waals surface area contributed by atoms with Crippen molar-refractivity contribution in [1.29, 1.82) is 0 Å². The minimum atomic E-state index is -0.466. The summed E-state index contributed by atoms with van der Waals surface area (Å²) in [6.07, 6.45) is 1.67. The first kappa shape index (κ1) is 13.8. The molecule has 0 fully saturated rings. The van der Waals surface area contributed by atoms with Crippen molar-refractivity contribution in [1.82, 2.24) is 4.57 Å². The first-order valence-corrected chi connectivity index (χ1v) is 6.81. The lowest BCUT2D eigenvalue weighted by Gasteiger charge is -2.05. The average molecular weight is 324 g/mol. The summed E-state index contributed by atoms with van der Waals surface area (Å²) in [6.45, 7) is 2.20. The molecule has 0 aliphatic rings. The molecule has 0 spiro atoms. The zero-order chi connectivity index (χ0) is 13.8. The number of esters is 1. The van der Waals surface area contributed by atoms with Crippen LogP contribution < -0.4 is 0 Å². The molecule has 0 bridgehead atoms. The summed E-state index contributed by atoms with van der Waals surface area (Å²) in [4.78, 5) is 23.0. The van der Waals surface area contributed by atoms with E-state index in [9.17, 15) is 9.59 Å². The third-order valence-corrected chi connectivity index (χ3v) is 3.22. The molecule has 0 atom stereocenters. The molecule has 0 aliphatic heterocycles. The lowest BCUT2D eigenvalue weighted by Crippen LogP contribution is -2.15. The Bertz CT molecular complexity index is 618. The normalized spacial score (nSPS) is 10.6. The van der Waals surface area contributed by atoms with E-state index in [1.165, 1.54) is 0 Å². The van der Waals surface area contributed by atoms with Crippen LogP contribution in [0.2, 0.25) is 0 Å². The van der Waals surface area contributed by atoms with E-state index in [0.717, 1.165) is 15.4 Å². The number of carbonyl (C=O) groups is 2. The number of fused-ring (bicyclic) bond motifs is 1. The van der Waals surface area contributed by atoms with Crippen LogP contribution in [0.15, 0.2) is 34.9 Å². The van der Waals surface area contributed by atoms with E-state index in [2.05, 4.69) is 15.9 Å². The summed E-state index contributed by atoms with van der Waals surface area (Å²) in [7, 11) is 0. The Morgan fingerprint density at radius 1 is 1.32 bits per heavy atom. The molecule has 0 N–H and O–H groups in total. The van der Waals surface area contributed by atoms with E-state index >= 15 is 0 Å². The molecule has 100 valence electrons. The standard InChI is InChI=1S/C14H14BrNO3/c1-2-19-14(18)8-12(17)9-16-6-5-10-7-11(15)3-4-13(10)16/h3-7H,2,8-9H2,1H3. The Labute approximate surface area is 119 Å². The maximum absolute atomic E-state index is 11.8. The summed E-state index contributed by atoms with van der Waals surface area (Å²) in [6, 6.07) is 7.80. The van der Waals surface area contributed by atoms with E-state index in [0.29, 0.717) is 6.61 Å². The maximum Gasteiger partial charge on any atom is 0.313 e. The van der Waals surface area contributed by atoms with E-state index in [-0.39, 0.29) is 18.7 Å². The van der Waals surface area contributed by atoms with Crippen LogP contribution in [0.4, 0.5) is 0 Å². The van der Waals surface area contributed by atoms with Gasteiger partial charge >= 0.3 is 5.97 Å². The number of aromatic nitrogens is 1. The number of carbonyl (C=O) groups excluding carboxylic acids is 2. The van der Waals surface area contributed by atoms with Gasteiger partial charge in [-0.1, -0.05) is 15.9 Å². The molecule has 0 amide bonds. The van der Waals surface area contributed by atoms with Crippen molar-refractivity contribution in [3.63, 3.8) is 0 Å². The molecule has 0 saturated heterocycles. The van der Waals surface area contributed by atoms with Crippen LogP contribution in [0.3, 0.4) is 0 Å². The van der Waals surface area contributed by atoms with Crippen molar-refractivity contribution >= 4 is 38.6 Å². The molecule has 4 nitrogen and oxygen atoms in total. The third-order valence-electron chi connectivity index (χ3n) is 2.73. The minimum absolute atomic E-state index is 0.154. The Hall–Kier alpha value is -1.62. The van der Waals surface area contributed by atoms with Gasteiger partial charge < -0.3 is 9.30 Å². The number of halogens is 1. The van der Waals surface area contributed by atoms with Crippen molar-refractivity contribution in [2.24, 2.45) is 0 Å². The van der Waals surface area contributed by atoms with Crippen LogP contribution in [0.1, 0.15) is 13.3 Å². The zero-order valence-electron chi connectivity index (χ0n) is 10.6. The van der Waals surface area contributed by atoms with Crippen molar-refractivity contribution in [2.75, 3.05) is 6.61 Å². The highest BCUT2D eigenvalue weighted by atomic mass is 79.9. The Morgan fingerprint density at radius 2 is 2.11 bits per heavy atom. The molecule has 19 heavy (non-hydrogen) atoms. The second kappa shape index (κ2) is 6.02. The number of nitrogens with zero attached hydrogens (tertiary/aromatic N) is 1. The number of Topliss-reactive ketones (excluding diaryl/α,β-unsaturated/α-hetero) is 1. The molecule has 5 heteroatoms. The van der Waals surface area contributed by atoms with Crippen LogP contribution in [0, 0.1) is 0 Å². The number of ketones is 1. The molecule has 1 aromatic heterocycles. The monoisotopic (exact) mass is 323 g/mol. The first-order valence-electron chi connectivity index (χ1n) is 6.02. The van der Waals surface area contributed by atoms with Gasteiger partial charge in [0.2, 0.25) is 0 Å². The molecule has 0 radical (unpaired) electrons. The number of hydrogen-bond acceptors (Lipinski definition) is 3. The van der Waals surface area contributed by atoms with Gasteiger partial charge in [-0.3, -0.25) is 9.59 Å². The first-order chi connectivity index (χ1) is 9.10. The molecular weight excluding hydrogens is 310 g/mol. The SMILES string of the molecule is CCOC(=O)CC(=O)Cn1ccc2cc(Br)ccc21. The fourth-order valence-electron chi connectivity index (χ4n) is 1.93. The third kappa shape index (κ3) is 3.44. The predicted octanol–water partition coefficient (Wildman–Crippen LogP) is 2.93. The van der Waals surface area contributed by atoms with Crippen LogP contribution >= 0.6 is 15.9 Å². The maximum atomic E-state index is 11.8. The van der Waals surface area contributed by atoms with Gasteiger partial charge in [-0.15, -0.1) is 0 Å². The van der Waals surface area contributed by atoms with E-state index < -0.39 is 5.97 Å². The molecular formula is C14H14BrNO3. The highest BCUT2D eigenvalue weighted by Crippen LogP contribution is 2.20. The van der Waals surface area contributed by atoms with E-state index in [1.807, 2.05) is 35.0 Å². The second-order valence-corrected chi connectivity index (χ2v) is 5.08. The predicted molar refractivity (Wildman–Crippen MR) is 75.9 cm³/mol. The van der Waals surface area contributed by atoms with Crippen LogP contribution in [0.25, 0.3) is 10.9 Å². The molecule has 2 aromatic rings. The van der Waals surface area contributed by atoms with Gasteiger partial charge in [0.15, 0.2) is 5.78 Å². The van der Waals surface area contributed by atoms with Gasteiger partial charge in [-0.05, 0) is 31.2 Å². The summed E-state index contributed by atoms with van der Waals surface area (Å²) in [5.41, 5.74) is 0.973. The largest absolute Gasteiger partial charge is 0.466 e. The molecule has 0 saturated carbocycles. The minimum Gasteiger partial charge on any atom is -0.466 e. The second-order valence-electron chi connectivity index (χ2n) is 4.17. The smallest absolute Gasteiger partial charge is 0.313 e. The summed E-state index contributed by atoms with van der Waals surface area (Å²) in [5.74, 6) is -0.620. The summed E-state index contributed by atoms with van der Waals surface area (Å²) in [5, 5.41) is 1.05. The van der Waals surface area contributed by atoms with Crippen LogP contribution in [-0.2, 0) is 20.9 Å². The summed E-state index contributed by atoms with van der Waals surface area (Å²) < 4.78 is 7.59. The van der Waals surface area contributed by atoms with E-state index in [4.69, 9.17) is 4.74 Å². The van der Waals surface area contributed by atoms with Gasteiger partial charge in [0.1, 0.15) is 6.42 Å². The number of rotatable bonds is 5. The average Bonchev–Trinajstić information content (AvgIpc) is 2.71. The number of ether oxygens (including phenoxy) is 1. The Kier molecular flexibility index (Phi) is 4.37. The fourth-order valence-corrected chi connectivity index (χ4v) is 2.31. The van der Waals surface area contributed by atoms with E-state index in [1.54, 1.807) is 6.92 Å². The van der Waals surface area contributed by atoms with Crippen molar-refractivity contribution in [3.05, 3.63) is 34.9 Å². The van der Waals surface area contributed by atoms with Crippen molar-refractivity contribution in [2.45, 2.75) is 19.9 Å². The fraction of sp³-hybridized carbons (Fsp3) is 0.286. The van der Waals surface area contributed by atoms with Gasteiger partial charge in [-0.2, -0.15) is 0 Å². The molecule has 0 aliphatic carbocycles. The highest BCUT2D eigenvalue weighted by Gasteiger charge is 2.12. The Balaban J connectivity index is 2.09. The van der Waals surface area contributed by atoms with Crippen molar-refractivity contribution < 1.29 is 14.3 Å². The van der Waals surface area contributed by atoms with Crippen LogP contribution in [0.5, 0.6) is 0 Å². The lowest BCUT2D eigenvalue weighted by molar-refractivity contribution is -0.145. The molecule has 0 unspecified atom stereocenters. The van der Waals surface area contributed by atoms with Gasteiger partial charge in [0.25, 0.3) is 0 Å². The molecule has 1 heterocycles. The van der Waals surface area contributed by atoms with Crippen LogP contribution in [-0.4, -0.2) is 22.9 Å². The topological polar surface area (TPSA) is 48.3 Å². The van der Waals surface area contributed by atoms with Gasteiger partial charge in [-0.25, -0.2) is 0 Å². The highest BCUT2D eigenvalue weighted by molar-refractivity contribution is 9.10. The summed E-state index contributed by atoms with van der Waals surface area (Å²) >= 11 is 3.41. The lowest BCUT2D eigenvalue weighted by atomic mass is 10.2. The van der Waals surface area contributed by atoms with Crippen molar-refractivity contribution in [3.8, 4) is 0 Å². The quantitative estimate of drug-likeness (QED) is 0.628. The van der Waals surface area contributed by atoms with Gasteiger partial charge in [0.05, 0.1) is 13.2 Å². The van der Waals surface area contributed by atoms with Gasteiger partial charge in [0, 0.05) is 21.6 Å². The molecule has 2 rings (SSSR count). The Morgan fingerprint density at radius 3 is 2.84 bits per heavy atom.